The number of aryl methyl sites for hydroxylation is 2. The Hall–Kier alpha value is -4.28. The van der Waals surface area contributed by atoms with E-state index in [0.29, 0.717) is 11.6 Å². The first-order valence-corrected chi connectivity index (χ1v) is 24.9. The zero-order chi connectivity index (χ0) is 42.7. The van der Waals surface area contributed by atoms with Crippen LogP contribution in [0, 0.1) is 35.5 Å². The Morgan fingerprint density at radius 3 is 1.11 bits per heavy atom. The molecule has 4 aromatic rings. The van der Waals surface area contributed by atoms with Crippen molar-refractivity contribution in [1.82, 2.24) is 19.9 Å². The summed E-state index contributed by atoms with van der Waals surface area (Å²) in [6.07, 6.45) is 40.8. The topological polar surface area (TPSA) is 51.6 Å². The largest absolute Gasteiger partial charge is 0.229 e. The van der Waals surface area contributed by atoms with Crippen LogP contribution in [0.5, 0.6) is 0 Å². The molecule has 61 heavy (non-hydrogen) atoms. The molecular formula is C57H78N4. The molecule has 2 aliphatic rings. The van der Waals surface area contributed by atoms with Gasteiger partial charge in [0.15, 0.2) is 0 Å². The van der Waals surface area contributed by atoms with E-state index in [1.54, 1.807) is 0 Å². The molecule has 0 aliphatic heterocycles. The highest BCUT2D eigenvalue weighted by atomic mass is 14.9. The van der Waals surface area contributed by atoms with E-state index in [-0.39, 0.29) is 0 Å². The van der Waals surface area contributed by atoms with Gasteiger partial charge in [-0.3, -0.25) is 0 Å². The van der Waals surface area contributed by atoms with Crippen LogP contribution in [0.4, 0.5) is 0 Å². The summed E-state index contributed by atoms with van der Waals surface area (Å²) in [7, 11) is 0. The van der Waals surface area contributed by atoms with Crippen LogP contribution in [0.15, 0.2) is 73.3 Å². The Labute approximate surface area is 372 Å². The van der Waals surface area contributed by atoms with Crippen LogP contribution in [0.1, 0.15) is 232 Å². The Morgan fingerprint density at radius 1 is 0.393 bits per heavy atom. The fourth-order valence-corrected chi connectivity index (χ4v) is 9.30. The summed E-state index contributed by atoms with van der Waals surface area (Å²) < 4.78 is 0. The molecule has 2 aromatic carbocycles. The molecule has 0 bridgehead atoms. The molecule has 0 atom stereocenters. The van der Waals surface area contributed by atoms with E-state index in [4.69, 9.17) is 0 Å². The van der Waals surface area contributed by atoms with Crippen molar-refractivity contribution in [3.8, 4) is 23.7 Å². The summed E-state index contributed by atoms with van der Waals surface area (Å²) in [6, 6.07) is 17.8. The molecule has 0 amide bonds. The quantitative estimate of drug-likeness (QED) is 0.0698. The Balaban J connectivity index is 0.000000231. The van der Waals surface area contributed by atoms with E-state index < -0.39 is 0 Å². The lowest BCUT2D eigenvalue weighted by molar-refractivity contribution is 0.303. The zero-order valence-corrected chi connectivity index (χ0v) is 38.7. The van der Waals surface area contributed by atoms with E-state index >= 15 is 0 Å². The maximum absolute atomic E-state index is 4.43. The summed E-state index contributed by atoms with van der Waals surface area (Å²) >= 11 is 0. The van der Waals surface area contributed by atoms with Gasteiger partial charge in [-0.2, -0.15) is 0 Å². The maximum atomic E-state index is 4.43. The SMILES string of the molecule is CCCCCCc1cnc(C#Cc2ccc([C@H]3CC[C@H](CCCCC)CC3)cc2)nc1.CCCCCc1cnc(C#Cc2ccc([C@H]3CC[C@H](CCCCC)CC3)cc2)nc1. The van der Waals surface area contributed by atoms with Gasteiger partial charge in [0.05, 0.1) is 0 Å². The molecule has 0 unspecified atom stereocenters. The van der Waals surface area contributed by atoms with Crippen molar-refractivity contribution in [2.24, 2.45) is 11.8 Å². The highest BCUT2D eigenvalue weighted by molar-refractivity contribution is 5.41. The van der Waals surface area contributed by atoms with Gasteiger partial charge in [-0.15, -0.1) is 0 Å². The van der Waals surface area contributed by atoms with Crippen LogP contribution in [-0.4, -0.2) is 19.9 Å². The molecular weight excluding hydrogens is 741 g/mol. The van der Waals surface area contributed by atoms with E-state index in [1.807, 2.05) is 24.8 Å². The normalized spacial score (nSPS) is 18.5. The monoisotopic (exact) mass is 819 g/mol. The van der Waals surface area contributed by atoms with Crippen molar-refractivity contribution < 1.29 is 0 Å². The predicted molar refractivity (Wildman–Crippen MR) is 258 cm³/mol. The molecule has 0 spiro atoms. The molecule has 2 aromatic heterocycles. The lowest BCUT2D eigenvalue weighted by atomic mass is 9.77. The van der Waals surface area contributed by atoms with Crippen molar-refractivity contribution >= 4 is 0 Å². The molecule has 4 nitrogen and oxygen atoms in total. The van der Waals surface area contributed by atoms with Gasteiger partial charge >= 0.3 is 0 Å². The van der Waals surface area contributed by atoms with Gasteiger partial charge in [-0.25, -0.2) is 19.9 Å². The molecule has 0 radical (unpaired) electrons. The second-order valence-corrected chi connectivity index (χ2v) is 18.3. The Bertz CT molecular complexity index is 1870. The van der Waals surface area contributed by atoms with Crippen LogP contribution in [0.2, 0.25) is 0 Å². The number of hydrogen-bond donors (Lipinski definition) is 0. The summed E-state index contributed by atoms with van der Waals surface area (Å²) in [4.78, 5) is 17.7. The van der Waals surface area contributed by atoms with Gasteiger partial charge in [0.2, 0.25) is 11.6 Å². The maximum Gasteiger partial charge on any atom is 0.205 e. The lowest BCUT2D eigenvalue weighted by Gasteiger charge is -2.29. The summed E-state index contributed by atoms with van der Waals surface area (Å²) in [5, 5.41) is 0. The van der Waals surface area contributed by atoms with Crippen molar-refractivity contribution in [3.05, 3.63) is 118 Å². The fourth-order valence-electron chi connectivity index (χ4n) is 9.30. The summed E-state index contributed by atoms with van der Waals surface area (Å²) in [5.41, 5.74) is 7.48. The highest BCUT2D eigenvalue weighted by Gasteiger charge is 2.23. The third-order valence-electron chi connectivity index (χ3n) is 13.3. The summed E-state index contributed by atoms with van der Waals surface area (Å²) in [6.45, 7) is 9.06. The average molecular weight is 819 g/mol. The van der Waals surface area contributed by atoms with Crippen LogP contribution in [-0.2, 0) is 12.8 Å². The number of unbranched alkanes of at least 4 members (excludes halogenated alkanes) is 9. The van der Waals surface area contributed by atoms with E-state index in [0.717, 1.165) is 47.6 Å². The van der Waals surface area contributed by atoms with Gasteiger partial charge in [0, 0.05) is 35.9 Å². The van der Waals surface area contributed by atoms with E-state index in [2.05, 4.69) is 120 Å². The molecule has 2 heterocycles. The molecule has 2 aliphatic carbocycles. The molecule has 0 saturated heterocycles. The first-order chi connectivity index (χ1) is 30.1. The molecule has 6 rings (SSSR count). The minimum atomic E-state index is 0.611. The zero-order valence-electron chi connectivity index (χ0n) is 38.7. The third-order valence-corrected chi connectivity index (χ3v) is 13.3. The van der Waals surface area contributed by atoms with Crippen molar-refractivity contribution in [1.29, 1.82) is 0 Å². The number of nitrogens with zero attached hydrogens (tertiary/aromatic N) is 4. The molecule has 2 fully saturated rings. The van der Waals surface area contributed by atoms with Crippen molar-refractivity contribution in [2.75, 3.05) is 0 Å². The fraction of sp³-hybridized carbons (Fsp3) is 0.579. The second-order valence-electron chi connectivity index (χ2n) is 18.3. The van der Waals surface area contributed by atoms with E-state index in [9.17, 15) is 0 Å². The standard InChI is InChI=1S/C29H40N2.C28H38N2/c1-3-5-7-9-11-26-22-30-29(31-23-26)21-16-25-14-19-28(20-15-25)27-17-12-24(13-18-27)10-8-6-4-2;1-3-5-7-9-23-11-16-26(17-12-23)27-18-13-24(14-19-27)15-20-28-29-21-25(22-30-28)10-8-6-4-2/h14-15,19-20,22-24,27H,3-13,17-18H2,1-2H3;13-14,18-19,21-23,26H,3-12,16-17H2,1-2H3/t24-,27-;23-,26-. The lowest BCUT2D eigenvalue weighted by Crippen LogP contribution is -2.13. The van der Waals surface area contributed by atoms with Crippen LogP contribution < -0.4 is 0 Å². The van der Waals surface area contributed by atoms with E-state index in [1.165, 1.54) is 170 Å². The minimum Gasteiger partial charge on any atom is -0.229 e. The molecule has 326 valence electrons. The van der Waals surface area contributed by atoms with Crippen LogP contribution >= 0.6 is 0 Å². The Kier molecular flexibility index (Phi) is 22.2. The van der Waals surface area contributed by atoms with Gasteiger partial charge in [-0.1, -0.05) is 147 Å². The van der Waals surface area contributed by atoms with Gasteiger partial charge in [0.25, 0.3) is 0 Å². The summed E-state index contributed by atoms with van der Waals surface area (Å²) in [5.74, 6) is 17.3. The first-order valence-electron chi connectivity index (χ1n) is 24.9. The first kappa shape index (κ1) is 47.8. The second kappa shape index (κ2) is 28.3. The Morgan fingerprint density at radius 2 is 0.738 bits per heavy atom. The van der Waals surface area contributed by atoms with Gasteiger partial charge in [-0.05, 0) is 159 Å². The van der Waals surface area contributed by atoms with Crippen LogP contribution in [0.3, 0.4) is 0 Å². The highest BCUT2D eigenvalue weighted by Crippen LogP contribution is 2.39. The minimum absolute atomic E-state index is 0.611. The van der Waals surface area contributed by atoms with Crippen LogP contribution in [0.25, 0.3) is 0 Å². The van der Waals surface area contributed by atoms with Gasteiger partial charge in [0.1, 0.15) is 0 Å². The smallest absolute Gasteiger partial charge is 0.205 e. The van der Waals surface area contributed by atoms with Gasteiger partial charge < -0.3 is 0 Å². The average Bonchev–Trinajstić information content (AvgIpc) is 3.31. The molecule has 2 saturated carbocycles. The third kappa shape index (κ3) is 17.9. The van der Waals surface area contributed by atoms with Crippen molar-refractivity contribution in [3.63, 3.8) is 0 Å². The number of aromatic nitrogens is 4. The van der Waals surface area contributed by atoms with Crippen molar-refractivity contribution in [2.45, 2.75) is 200 Å². The number of benzene rings is 2. The molecule has 4 heteroatoms. The number of hydrogen-bond acceptors (Lipinski definition) is 4. The number of rotatable bonds is 19. The predicted octanol–water partition coefficient (Wildman–Crippen LogP) is 15.3. The molecule has 0 N–H and O–H groups in total.